The molecule has 1 aromatic rings. The Kier molecular flexibility index (Phi) is 6.05. The molecular weight excluding hydrogens is 266 g/mol. The third kappa shape index (κ3) is 4.74. The molecule has 1 fully saturated rings. The number of nitrogens with zero attached hydrogens (tertiary/aromatic N) is 1. The van der Waals surface area contributed by atoms with E-state index in [9.17, 15) is 9.90 Å². The smallest absolute Gasteiger partial charge is 0.226 e. The second-order valence-corrected chi connectivity index (χ2v) is 5.69. The lowest BCUT2D eigenvalue weighted by Crippen LogP contribution is -2.42. The van der Waals surface area contributed by atoms with E-state index in [1.54, 1.807) is 0 Å². The van der Waals surface area contributed by atoms with Crippen LogP contribution in [0.3, 0.4) is 0 Å². The van der Waals surface area contributed by atoms with Crippen LogP contribution in [-0.2, 0) is 4.79 Å². The largest absolute Gasteiger partial charge is 0.493 e. The highest BCUT2D eigenvalue weighted by molar-refractivity contribution is 5.76. The van der Waals surface area contributed by atoms with E-state index >= 15 is 0 Å². The van der Waals surface area contributed by atoms with Crippen LogP contribution < -0.4 is 4.74 Å². The van der Waals surface area contributed by atoms with Gasteiger partial charge in [-0.15, -0.1) is 0 Å². The Morgan fingerprint density at radius 1 is 1.38 bits per heavy atom. The number of aryl methyl sites for hydroxylation is 1. The lowest BCUT2D eigenvalue weighted by molar-refractivity contribution is -0.134. The second kappa shape index (κ2) is 8.03. The van der Waals surface area contributed by atoms with Crippen LogP contribution in [0.4, 0.5) is 0 Å². The number of aliphatic hydroxyl groups is 1. The molecule has 1 aromatic carbocycles. The highest BCUT2D eigenvalue weighted by Crippen LogP contribution is 2.18. The van der Waals surface area contributed by atoms with E-state index < -0.39 is 0 Å². The molecule has 1 saturated heterocycles. The molecule has 0 aromatic heterocycles. The molecule has 1 amide bonds. The zero-order chi connectivity index (χ0) is 15.1. The maximum Gasteiger partial charge on any atom is 0.226 e. The summed E-state index contributed by atoms with van der Waals surface area (Å²) >= 11 is 0. The molecule has 116 valence electrons. The first kappa shape index (κ1) is 15.8. The van der Waals surface area contributed by atoms with Gasteiger partial charge in [-0.25, -0.2) is 0 Å². The Labute approximate surface area is 126 Å². The molecule has 4 nitrogen and oxygen atoms in total. The summed E-state index contributed by atoms with van der Waals surface area (Å²) in [6.45, 7) is 3.22. The minimum Gasteiger partial charge on any atom is -0.493 e. The lowest BCUT2D eigenvalue weighted by atomic mass is 10.1. The van der Waals surface area contributed by atoms with Gasteiger partial charge in [0, 0.05) is 6.54 Å². The molecule has 1 aliphatic heterocycles. The molecule has 1 heterocycles. The van der Waals surface area contributed by atoms with Crippen molar-refractivity contribution in [3.05, 3.63) is 29.8 Å². The highest BCUT2D eigenvalue weighted by atomic mass is 16.5. The van der Waals surface area contributed by atoms with Crippen molar-refractivity contribution in [1.82, 2.24) is 4.90 Å². The quantitative estimate of drug-likeness (QED) is 0.907. The normalized spacial score (nSPS) is 19.1. The predicted octanol–water partition coefficient (Wildman–Crippen LogP) is 2.53. The fourth-order valence-corrected chi connectivity index (χ4v) is 2.80. The molecule has 0 spiro atoms. The van der Waals surface area contributed by atoms with Crippen LogP contribution in [0.25, 0.3) is 0 Å². The minimum atomic E-state index is -0.0148. The molecule has 2 rings (SSSR count). The van der Waals surface area contributed by atoms with Crippen LogP contribution in [-0.4, -0.2) is 41.7 Å². The average molecular weight is 291 g/mol. The topological polar surface area (TPSA) is 49.8 Å². The minimum absolute atomic E-state index is 0.0148. The molecule has 4 heteroatoms. The van der Waals surface area contributed by atoms with Crippen LogP contribution in [0.1, 0.15) is 37.7 Å². The molecule has 0 radical (unpaired) electrons. The van der Waals surface area contributed by atoms with Gasteiger partial charge in [0.25, 0.3) is 0 Å². The van der Waals surface area contributed by atoms with Crippen molar-refractivity contribution in [3.63, 3.8) is 0 Å². The zero-order valence-corrected chi connectivity index (χ0v) is 12.8. The summed E-state index contributed by atoms with van der Waals surface area (Å²) < 4.78 is 5.64. The zero-order valence-electron chi connectivity index (χ0n) is 12.8. The van der Waals surface area contributed by atoms with Crippen LogP contribution in [0.15, 0.2) is 24.3 Å². The third-order valence-electron chi connectivity index (χ3n) is 3.98. The fraction of sp³-hybridized carbons (Fsp3) is 0.588. The van der Waals surface area contributed by atoms with Crippen molar-refractivity contribution in [2.75, 3.05) is 19.8 Å². The van der Waals surface area contributed by atoms with Crippen molar-refractivity contribution in [1.29, 1.82) is 0 Å². The van der Waals surface area contributed by atoms with Crippen molar-refractivity contribution in [2.24, 2.45) is 0 Å². The molecule has 1 unspecified atom stereocenters. The van der Waals surface area contributed by atoms with Gasteiger partial charge in [-0.2, -0.15) is 0 Å². The van der Waals surface area contributed by atoms with E-state index in [0.717, 1.165) is 43.5 Å². The number of aliphatic hydroxyl groups excluding tert-OH is 1. The molecule has 1 aliphatic rings. The van der Waals surface area contributed by atoms with Crippen molar-refractivity contribution in [2.45, 2.75) is 45.1 Å². The van der Waals surface area contributed by atoms with E-state index in [-0.39, 0.29) is 18.6 Å². The Morgan fingerprint density at radius 2 is 2.24 bits per heavy atom. The molecule has 0 aliphatic carbocycles. The van der Waals surface area contributed by atoms with Gasteiger partial charge in [-0.1, -0.05) is 25.0 Å². The van der Waals surface area contributed by atoms with Crippen LogP contribution in [0.5, 0.6) is 5.75 Å². The number of hydrogen-bond acceptors (Lipinski definition) is 3. The van der Waals surface area contributed by atoms with E-state index in [0.29, 0.717) is 13.0 Å². The first-order valence-electron chi connectivity index (χ1n) is 7.80. The Balaban J connectivity index is 1.82. The standard InChI is InChI=1S/C17H25NO3/c1-14-6-5-8-16(12-14)21-11-9-17(20)18-10-4-2-3-7-15(18)13-19/h5-6,8,12,15,19H,2-4,7,9-11,13H2,1H3. The van der Waals surface area contributed by atoms with Crippen molar-refractivity contribution in [3.8, 4) is 5.75 Å². The number of carbonyl (C=O) groups is 1. The first-order chi connectivity index (χ1) is 10.2. The van der Waals surface area contributed by atoms with Crippen LogP contribution in [0.2, 0.25) is 0 Å². The summed E-state index contributed by atoms with van der Waals surface area (Å²) in [4.78, 5) is 14.2. The summed E-state index contributed by atoms with van der Waals surface area (Å²) in [7, 11) is 0. The Hall–Kier alpha value is -1.55. The molecule has 0 bridgehead atoms. The van der Waals surface area contributed by atoms with E-state index in [2.05, 4.69) is 0 Å². The van der Waals surface area contributed by atoms with Gasteiger partial charge in [0.15, 0.2) is 0 Å². The van der Waals surface area contributed by atoms with Gasteiger partial charge in [0.1, 0.15) is 5.75 Å². The number of benzene rings is 1. The predicted molar refractivity (Wildman–Crippen MR) is 82.3 cm³/mol. The number of amides is 1. The van der Waals surface area contributed by atoms with Crippen LogP contribution >= 0.6 is 0 Å². The van der Waals surface area contributed by atoms with E-state index in [1.807, 2.05) is 36.1 Å². The Bertz CT molecular complexity index is 461. The highest BCUT2D eigenvalue weighted by Gasteiger charge is 2.24. The maximum absolute atomic E-state index is 12.3. The van der Waals surface area contributed by atoms with Crippen LogP contribution in [0, 0.1) is 6.92 Å². The van der Waals surface area contributed by atoms with Crippen molar-refractivity contribution >= 4 is 5.91 Å². The average Bonchev–Trinajstić information content (AvgIpc) is 2.72. The first-order valence-corrected chi connectivity index (χ1v) is 7.80. The molecule has 1 atom stereocenters. The summed E-state index contributed by atoms with van der Waals surface area (Å²) in [6, 6.07) is 7.82. The molecule has 21 heavy (non-hydrogen) atoms. The van der Waals surface area contributed by atoms with Gasteiger partial charge in [-0.05, 0) is 37.5 Å². The summed E-state index contributed by atoms with van der Waals surface area (Å²) in [5.74, 6) is 0.890. The maximum atomic E-state index is 12.3. The fourth-order valence-electron chi connectivity index (χ4n) is 2.80. The number of rotatable bonds is 5. The van der Waals surface area contributed by atoms with Gasteiger partial charge in [-0.3, -0.25) is 4.79 Å². The van der Waals surface area contributed by atoms with E-state index in [4.69, 9.17) is 4.74 Å². The number of likely N-dealkylation sites (tertiary alicyclic amines) is 1. The molecule has 1 N–H and O–H groups in total. The van der Waals surface area contributed by atoms with Gasteiger partial charge >= 0.3 is 0 Å². The third-order valence-corrected chi connectivity index (χ3v) is 3.98. The molecule has 0 saturated carbocycles. The monoisotopic (exact) mass is 291 g/mol. The SMILES string of the molecule is Cc1cccc(OCCC(=O)N2CCCCCC2CO)c1. The Morgan fingerprint density at radius 3 is 3.00 bits per heavy atom. The summed E-state index contributed by atoms with van der Waals surface area (Å²) in [6.07, 6.45) is 4.53. The van der Waals surface area contributed by atoms with Gasteiger partial charge in [0.2, 0.25) is 5.91 Å². The second-order valence-electron chi connectivity index (χ2n) is 5.69. The van der Waals surface area contributed by atoms with Crippen molar-refractivity contribution < 1.29 is 14.6 Å². The lowest BCUT2D eigenvalue weighted by Gasteiger charge is -2.28. The number of carbonyl (C=O) groups excluding carboxylic acids is 1. The summed E-state index contributed by atoms with van der Waals surface area (Å²) in [5.41, 5.74) is 1.15. The number of hydrogen-bond donors (Lipinski definition) is 1. The van der Waals surface area contributed by atoms with Gasteiger partial charge < -0.3 is 14.7 Å². The van der Waals surface area contributed by atoms with E-state index in [1.165, 1.54) is 0 Å². The molecular formula is C17H25NO3. The van der Waals surface area contributed by atoms with Gasteiger partial charge in [0.05, 0.1) is 25.7 Å². The summed E-state index contributed by atoms with van der Waals surface area (Å²) in [5, 5.41) is 9.44. The number of ether oxygens (including phenoxy) is 1.